The number of nitro groups is 1. The van der Waals surface area contributed by atoms with Crippen LogP contribution in [-0.2, 0) is 0 Å². The molecule has 0 aliphatic carbocycles. The Morgan fingerprint density at radius 2 is 2.07 bits per heavy atom. The van der Waals surface area contributed by atoms with E-state index in [0.717, 1.165) is 0 Å². The van der Waals surface area contributed by atoms with Crippen LogP contribution >= 0.6 is 0 Å². The van der Waals surface area contributed by atoms with Crippen LogP contribution in [0.25, 0.3) is 10.9 Å². The highest BCUT2D eigenvalue weighted by atomic mass is 16.6. The molecule has 15 heavy (non-hydrogen) atoms. The van der Waals surface area contributed by atoms with E-state index >= 15 is 0 Å². The molecule has 0 unspecified atom stereocenters. The summed E-state index contributed by atoms with van der Waals surface area (Å²) in [4.78, 5) is 23.3. The first kappa shape index (κ1) is 9.20. The molecule has 0 saturated carbocycles. The summed E-state index contributed by atoms with van der Waals surface area (Å²) < 4.78 is 0. The summed E-state index contributed by atoms with van der Waals surface area (Å²) in [5.74, 6) is -0.406. The summed E-state index contributed by atoms with van der Waals surface area (Å²) >= 11 is 0. The van der Waals surface area contributed by atoms with Crippen molar-refractivity contribution in [1.82, 2.24) is 4.98 Å². The SMILES string of the molecule is O=c1[nH]c2cc([N+](=O)[O-])ccc2cc1O. The molecule has 2 rings (SSSR count). The Hall–Kier alpha value is -2.37. The Kier molecular flexibility index (Phi) is 1.89. The van der Waals surface area contributed by atoms with Crippen LogP contribution in [0.5, 0.6) is 5.75 Å². The molecule has 2 N–H and O–H groups in total. The van der Waals surface area contributed by atoms with Crippen LogP contribution < -0.4 is 5.56 Å². The Labute approximate surface area is 82.9 Å². The van der Waals surface area contributed by atoms with Gasteiger partial charge in [-0.3, -0.25) is 14.9 Å². The monoisotopic (exact) mass is 206 g/mol. The van der Waals surface area contributed by atoms with Crippen LogP contribution in [-0.4, -0.2) is 15.0 Å². The van der Waals surface area contributed by atoms with Crippen molar-refractivity contribution < 1.29 is 10.0 Å². The molecule has 0 fully saturated rings. The second kappa shape index (κ2) is 3.09. The average molecular weight is 206 g/mol. The lowest BCUT2D eigenvalue weighted by Gasteiger charge is -1.98. The predicted octanol–water partition coefficient (Wildman–Crippen LogP) is 1.14. The van der Waals surface area contributed by atoms with E-state index in [9.17, 15) is 14.9 Å². The summed E-state index contributed by atoms with van der Waals surface area (Å²) in [5.41, 5.74) is -0.446. The minimum Gasteiger partial charge on any atom is -0.503 e. The van der Waals surface area contributed by atoms with Crippen molar-refractivity contribution in [3.05, 3.63) is 44.7 Å². The minimum absolute atomic E-state index is 0.108. The third kappa shape index (κ3) is 1.52. The average Bonchev–Trinajstić information content (AvgIpc) is 2.19. The molecule has 0 spiro atoms. The zero-order valence-electron chi connectivity index (χ0n) is 7.43. The van der Waals surface area contributed by atoms with E-state index in [2.05, 4.69) is 4.98 Å². The van der Waals surface area contributed by atoms with Crippen molar-refractivity contribution in [2.75, 3.05) is 0 Å². The Morgan fingerprint density at radius 3 is 2.73 bits per heavy atom. The van der Waals surface area contributed by atoms with Crippen LogP contribution in [0.1, 0.15) is 0 Å². The number of nitrogens with one attached hydrogen (secondary N) is 1. The van der Waals surface area contributed by atoms with Gasteiger partial charge in [0.25, 0.3) is 11.2 Å². The molecule has 1 aromatic heterocycles. The number of fused-ring (bicyclic) bond motifs is 1. The van der Waals surface area contributed by atoms with Crippen LogP contribution in [0, 0.1) is 10.1 Å². The summed E-state index contributed by atoms with van der Waals surface area (Å²) in [7, 11) is 0. The molecule has 0 aliphatic heterocycles. The van der Waals surface area contributed by atoms with Crippen molar-refractivity contribution in [2.24, 2.45) is 0 Å². The number of hydrogen-bond donors (Lipinski definition) is 2. The van der Waals surface area contributed by atoms with E-state index in [-0.39, 0.29) is 5.69 Å². The van der Waals surface area contributed by atoms with Gasteiger partial charge in [0, 0.05) is 17.5 Å². The van der Waals surface area contributed by atoms with E-state index in [4.69, 9.17) is 5.11 Å². The number of benzene rings is 1. The fraction of sp³-hybridized carbons (Fsp3) is 0. The molecule has 6 heteroatoms. The number of aromatic amines is 1. The summed E-state index contributed by atoms with van der Waals surface area (Å²) in [5, 5.41) is 20.1. The van der Waals surface area contributed by atoms with Crippen molar-refractivity contribution in [2.45, 2.75) is 0 Å². The number of rotatable bonds is 1. The number of H-pyrrole nitrogens is 1. The van der Waals surface area contributed by atoms with Gasteiger partial charge in [0.1, 0.15) is 0 Å². The van der Waals surface area contributed by atoms with Crippen molar-refractivity contribution in [3.8, 4) is 5.75 Å². The van der Waals surface area contributed by atoms with Gasteiger partial charge in [-0.05, 0) is 12.1 Å². The van der Waals surface area contributed by atoms with Gasteiger partial charge in [0.2, 0.25) is 0 Å². The Balaban J connectivity index is 2.77. The number of nitrogens with zero attached hydrogens (tertiary/aromatic N) is 1. The number of non-ortho nitro benzene ring substituents is 1. The third-order valence-corrected chi connectivity index (χ3v) is 2.02. The van der Waals surface area contributed by atoms with E-state index in [1.807, 2.05) is 0 Å². The van der Waals surface area contributed by atoms with Gasteiger partial charge in [-0.2, -0.15) is 0 Å². The molecule has 0 aliphatic rings. The van der Waals surface area contributed by atoms with E-state index < -0.39 is 16.2 Å². The first-order chi connectivity index (χ1) is 7.08. The van der Waals surface area contributed by atoms with E-state index in [1.165, 1.54) is 24.3 Å². The normalized spacial score (nSPS) is 10.4. The highest BCUT2D eigenvalue weighted by Gasteiger charge is 2.07. The molecule has 0 radical (unpaired) electrons. The van der Waals surface area contributed by atoms with Crippen LogP contribution in [0.4, 0.5) is 5.69 Å². The number of pyridine rings is 1. The standard InChI is InChI=1S/C9H6N2O4/c12-8-3-5-1-2-6(11(14)15)4-7(5)10-9(8)13/h1-4,12H,(H,10,13). The maximum atomic E-state index is 11.0. The summed E-state index contributed by atoms with van der Waals surface area (Å²) in [6, 6.07) is 5.28. The molecule has 6 nitrogen and oxygen atoms in total. The fourth-order valence-electron chi connectivity index (χ4n) is 1.29. The van der Waals surface area contributed by atoms with E-state index in [1.54, 1.807) is 0 Å². The molecule has 0 atom stereocenters. The highest BCUT2D eigenvalue weighted by molar-refractivity contribution is 5.81. The molecule has 1 aromatic carbocycles. The zero-order chi connectivity index (χ0) is 11.0. The van der Waals surface area contributed by atoms with Crippen molar-refractivity contribution >= 4 is 16.6 Å². The van der Waals surface area contributed by atoms with Crippen molar-refractivity contribution in [3.63, 3.8) is 0 Å². The molecule has 76 valence electrons. The third-order valence-electron chi connectivity index (χ3n) is 2.02. The molecular weight excluding hydrogens is 200 g/mol. The van der Waals surface area contributed by atoms with Crippen LogP contribution in [0.15, 0.2) is 29.1 Å². The molecule has 0 saturated heterocycles. The van der Waals surface area contributed by atoms with Crippen LogP contribution in [0.2, 0.25) is 0 Å². The summed E-state index contributed by atoms with van der Waals surface area (Å²) in [6.45, 7) is 0. The molecular formula is C9H6N2O4. The lowest BCUT2D eigenvalue weighted by molar-refractivity contribution is -0.384. The quantitative estimate of drug-likeness (QED) is 0.540. The molecule has 0 bridgehead atoms. The number of hydrogen-bond acceptors (Lipinski definition) is 4. The lowest BCUT2D eigenvalue weighted by atomic mass is 10.2. The smallest absolute Gasteiger partial charge is 0.290 e. The molecule has 2 aromatic rings. The van der Waals surface area contributed by atoms with Gasteiger partial charge in [-0.1, -0.05) is 0 Å². The summed E-state index contributed by atoms with van der Waals surface area (Å²) in [6.07, 6.45) is 0. The maximum absolute atomic E-state index is 11.0. The Morgan fingerprint density at radius 1 is 1.33 bits per heavy atom. The van der Waals surface area contributed by atoms with Crippen LogP contribution in [0.3, 0.4) is 0 Å². The number of aromatic nitrogens is 1. The Bertz CT molecular complexity index is 603. The topological polar surface area (TPSA) is 96.2 Å². The lowest BCUT2D eigenvalue weighted by Crippen LogP contribution is -2.04. The fourth-order valence-corrected chi connectivity index (χ4v) is 1.29. The molecule has 0 amide bonds. The first-order valence-corrected chi connectivity index (χ1v) is 4.08. The van der Waals surface area contributed by atoms with Crippen molar-refractivity contribution in [1.29, 1.82) is 0 Å². The highest BCUT2D eigenvalue weighted by Crippen LogP contribution is 2.19. The maximum Gasteiger partial charge on any atom is 0.290 e. The first-order valence-electron chi connectivity index (χ1n) is 4.08. The molecule has 1 heterocycles. The largest absolute Gasteiger partial charge is 0.503 e. The minimum atomic E-state index is -0.664. The number of nitro benzene ring substituents is 1. The van der Waals surface area contributed by atoms with Gasteiger partial charge in [-0.15, -0.1) is 0 Å². The zero-order valence-corrected chi connectivity index (χ0v) is 7.43. The van der Waals surface area contributed by atoms with Gasteiger partial charge in [0.05, 0.1) is 10.4 Å². The second-order valence-corrected chi connectivity index (χ2v) is 3.01. The second-order valence-electron chi connectivity index (χ2n) is 3.01. The van der Waals surface area contributed by atoms with Gasteiger partial charge < -0.3 is 10.1 Å². The predicted molar refractivity (Wildman–Crippen MR) is 52.9 cm³/mol. The van der Waals surface area contributed by atoms with Gasteiger partial charge >= 0.3 is 0 Å². The van der Waals surface area contributed by atoms with E-state index in [0.29, 0.717) is 10.9 Å². The number of aromatic hydroxyl groups is 1. The van der Waals surface area contributed by atoms with Gasteiger partial charge in [-0.25, -0.2) is 0 Å². The van der Waals surface area contributed by atoms with Gasteiger partial charge in [0.15, 0.2) is 5.75 Å².